The highest BCUT2D eigenvalue weighted by molar-refractivity contribution is 5.79. The van der Waals surface area contributed by atoms with Gasteiger partial charge >= 0.3 is 17.6 Å². The lowest BCUT2D eigenvalue weighted by Crippen LogP contribution is -2.30. The molecule has 0 amide bonds. The van der Waals surface area contributed by atoms with Crippen LogP contribution in [0.5, 0.6) is 0 Å². The average molecular weight is 341 g/mol. The van der Waals surface area contributed by atoms with Gasteiger partial charge in [0, 0.05) is 0 Å². The summed E-state index contributed by atoms with van der Waals surface area (Å²) >= 11 is 0. The van der Waals surface area contributed by atoms with Crippen molar-refractivity contribution in [3.63, 3.8) is 0 Å². The molecule has 0 fully saturated rings. The summed E-state index contributed by atoms with van der Waals surface area (Å²) in [7, 11) is 1.23. The van der Waals surface area contributed by atoms with Gasteiger partial charge in [-0.05, 0) is 26.2 Å². The van der Waals surface area contributed by atoms with Crippen LogP contribution in [0.2, 0.25) is 0 Å². The molecule has 1 aromatic heterocycles. The van der Waals surface area contributed by atoms with E-state index in [0.29, 0.717) is 12.1 Å². The molecule has 1 heterocycles. The summed E-state index contributed by atoms with van der Waals surface area (Å²) in [4.78, 5) is 34.1. The van der Waals surface area contributed by atoms with E-state index in [4.69, 9.17) is 4.74 Å². The van der Waals surface area contributed by atoms with Gasteiger partial charge in [-0.1, -0.05) is 13.8 Å². The van der Waals surface area contributed by atoms with Crippen molar-refractivity contribution in [2.45, 2.75) is 53.2 Å². The fourth-order valence-corrected chi connectivity index (χ4v) is 2.34. The Kier molecular flexibility index (Phi) is 6.87. The first-order chi connectivity index (χ1) is 11.2. The van der Waals surface area contributed by atoms with Crippen molar-refractivity contribution >= 4 is 17.6 Å². The highest BCUT2D eigenvalue weighted by Gasteiger charge is 2.26. The summed E-state index contributed by atoms with van der Waals surface area (Å²) in [5.74, 6) is -1.03. The third-order valence-corrected chi connectivity index (χ3v) is 3.48. The van der Waals surface area contributed by atoms with E-state index >= 15 is 0 Å². The number of rotatable bonds is 8. The molecule has 1 atom stereocenters. The van der Waals surface area contributed by atoms with Crippen LogP contribution in [0.15, 0.2) is 0 Å². The molecule has 0 aliphatic carbocycles. The van der Waals surface area contributed by atoms with Crippen LogP contribution < -0.4 is 0 Å². The summed E-state index contributed by atoms with van der Waals surface area (Å²) in [5.41, 5.74) is 0.603. The van der Waals surface area contributed by atoms with Gasteiger partial charge < -0.3 is 9.47 Å². The molecule has 9 heteroatoms. The predicted octanol–water partition coefficient (Wildman–Crippen LogP) is 1.93. The largest absolute Gasteiger partial charge is 0.466 e. The van der Waals surface area contributed by atoms with Crippen LogP contribution in [0.25, 0.3) is 0 Å². The summed E-state index contributed by atoms with van der Waals surface area (Å²) in [6.45, 7) is 7.04. The van der Waals surface area contributed by atoms with Gasteiger partial charge in [0.25, 0.3) is 0 Å². The average Bonchev–Trinajstić information content (AvgIpc) is 2.77. The quantitative estimate of drug-likeness (QED) is 0.403. The Morgan fingerprint density at radius 3 is 2.42 bits per heavy atom. The lowest BCUT2D eigenvalue weighted by Gasteiger charge is -2.17. The zero-order chi connectivity index (χ0) is 18.4. The topological polar surface area (TPSA) is 114 Å². The SMILES string of the molecule is COC(=O)[C@H](CC(C)C)OC(=O)CCn1nc(C)c([N+](=O)[O-])c1C. The molecule has 0 spiro atoms. The smallest absolute Gasteiger partial charge is 0.347 e. The van der Waals surface area contributed by atoms with Crippen molar-refractivity contribution < 1.29 is 24.0 Å². The Labute approximate surface area is 140 Å². The number of hydrogen-bond donors (Lipinski definition) is 0. The Morgan fingerprint density at radius 2 is 1.96 bits per heavy atom. The van der Waals surface area contributed by atoms with E-state index in [2.05, 4.69) is 9.84 Å². The van der Waals surface area contributed by atoms with Crippen LogP contribution in [-0.2, 0) is 25.6 Å². The molecule has 1 aromatic rings. The standard InChI is InChI=1S/C15H23N3O6/c1-9(2)8-12(15(20)23-5)24-13(19)6-7-17-11(4)14(18(21)22)10(3)16-17/h9,12H,6-8H2,1-5H3/t12-/m0/s1. The van der Waals surface area contributed by atoms with Gasteiger partial charge in [0.1, 0.15) is 11.4 Å². The molecule has 0 aliphatic heterocycles. The molecule has 9 nitrogen and oxygen atoms in total. The summed E-state index contributed by atoms with van der Waals surface area (Å²) < 4.78 is 11.2. The fraction of sp³-hybridized carbons (Fsp3) is 0.667. The minimum Gasteiger partial charge on any atom is -0.466 e. The van der Waals surface area contributed by atoms with Gasteiger partial charge in [0.2, 0.25) is 0 Å². The molecule has 0 radical (unpaired) electrons. The number of nitro groups is 1. The maximum atomic E-state index is 12.0. The van der Waals surface area contributed by atoms with Crippen LogP contribution in [0.4, 0.5) is 5.69 Å². The Hall–Kier alpha value is -2.45. The predicted molar refractivity (Wildman–Crippen MR) is 84.3 cm³/mol. The van der Waals surface area contributed by atoms with Crippen LogP contribution in [-0.4, -0.2) is 39.9 Å². The highest BCUT2D eigenvalue weighted by atomic mass is 16.6. The third kappa shape index (κ3) is 5.04. The van der Waals surface area contributed by atoms with Gasteiger partial charge in [-0.25, -0.2) is 4.79 Å². The van der Waals surface area contributed by atoms with Gasteiger partial charge in [-0.15, -0.1) is 0 Å². The Morgan fingerprint density at radius 1 is 1.33 bits per heavy atom. The molecule has 24 heavy (non-hydrogen) atoms. The lowest BCUT2D eigenvalue weighted by atomic mass is 10.1. The molecule has 0 bridgehead atoms. The molecule has 0 aromatic carbocycles. The van der Waals surface area contributed by atoms with Gasteiger partial charge in [-0.2, -0.15) is 5.10 Å². The second-order valence-electron chi connectivity index (χ2n) is 5.88. The molecule has 134 valence electrons. The number of aromatic nitrogens is 2. The normalized spacial score (nSPS) is 12.1. The first-order valence-corrected chi connectivity index (χ1v) is 7.63. The second-order valence-corrected chi connectivity index (χ2v) is 5.88. The van der Waals surface area contributed by atoms with E-state index in [1.54, 1.807) is 6.92 Å². The summed E-state index contributed by atoms with van der Waals surface area (Å²) in [6, 6.07) is 0. The molecule has 0 N–H and O–H groups in total. The first kappa shape index (κ1) is 19.6. The minimum absolute atomic E-state index is 0.0509. The maximum Gasteiger partial charge on any atom is 0.347 e. The van der Waals surface area contributed by atoms with E-state index < -0.39 is 23.0 Å². The molecule has 1 rings (SSSR count). The number of ether oxygens (including phenoxy) is 2. The summed E-state index contributed by atoms with van der Waals surface area (Å²) in [6.07, 6.45) is -0.633. The van der Waals surface area contributed by atoms with Crippen molar-refractivity contribution in [2.24, 2.45) is 5.92 Å². The van der Waals surface area contributed by atoms with Gasteiger partial charge in [0.05, 0.1) is 25.0 Å². The fourth-order valence-electron chi connectivity index (χ4n) is 2.34. The van der Waals surface area contributed by atoms with Crippen LogP contribution >= 0.6 is 0 Å². The van der Waals surface area contributed by atoms with Crippen LogP contribution in [0.3, 0.4) is 0 Å². The van der Waals surface area contributed by atoms with E-state index in [-0.39, 0.29) is 30.3 Å². The van der Waals surface area contributed by atoms with Crippen molar-refractivity contribution in [1.29, 1.82) is 0 Å². The molecule has 0 saturated carbocycles. The third-order valence-electron chi connectivity index (χ3n) is 3.48. The van der Waals surface area contributed by atoms with Crippen LogP contribution in [0, 0.1) is 29.9 Å². The monoisotopic (exact) mass is 341 g/mol. The zero-order valence-electron chi connectivity index (χ0n) is 14.6. The highest BCUT2D eigenvalue weighted by Crippen LogP contribution is 2.22. The number of esters is 2. The number of aryl methyl sites for hydroxylation is 2. The number of nitrogens with zero attached hydrogens (tertiary/aromatic N) is 3. The number of carbonyl (C=O) groups is 2. The summed E-state index contributed by atoms with van der Waals surface area (Å²) in [5, 5.41) is 15.0. The molecule has 0 aliphatic rings. The van der Waals surface area contributed by atoms with Gasteiger partial charge in [0.15, 0.2) is 6.10 Å². The van der Waals surface area contributed by atoms with E-state index in [1.807, 2.05) is 13.8 Å². The van der Waals surface area contributed by atoms with E-state index in [1.165, 1.54) is 18.7 Å². The van der Waals surface area contributed by atoms with E-state index in [9.17, 15) is 19.7 Å². The Bertz CT molecular complexity index is 623. The maximum absolute atomic E-state index is 12.0. The van der Waals surface area contributed by atoms with Crippen LogP contribution in [0.1, 0.15) is 38.1 Å². The van der Waals surface area contributed by atoms with Crippen molar-refractivity contribution in [3.05, 3.63) is 21.5 Å². The number of carbonyl (C=O) groups excluding carboxylic acids is 2. The Balaban J connectivity index is 2.70. The van der Waals surface area contributed by atoms with Crippen molar-refractivity contribution in [1.82, 2.24) is 9.78 Å². The first-order valence-electron chi connectivity index (χ1n) is 7.63. The molecular weight excluding hydrogens is 318 g/mol. The minimum atomic E-state index is -0.947. The number of hydrogen-bond acceptors (Lipinski definition) is 7. The van der Waals surface area contributed by atoms with Gasteiger partial charge in [-0.3, -0.25) is 19.6 Å². The second kappa shape index (κ2) is 8.42. The van der Waals surface area contributed by atoms with Crippen molar-refractivity contribution in [2.75, 3.05) is 7.11 Å². The lowest BCUT2D eigenvalue weighted by molar-refractivity contribution is -0.386. The molecule has 0 unspecified atom stereocenters. The number of methoxy groups -OCH3 is 1. The molecular formula is C15H23N3O6. The zero-order valence-corrected chi connectivity index (χ0v) is 14.6. The van der Waals surface area contributed by atoms with E-state index in [0.717, 1.165) is 0 Å². The molecule has 0 saturated heterocycles. The van der Waals surface area contributed by atoms with Crippen molar-refractivity contribution in [3.8, 4) is 0 Å².